The molecule has 0 aliphatic carbocycles. The summed E-state index contributed by atoms with van der Waals surface area (Å²) in [5.41, 5.74) is 4.75. The number of benzene rings is 5. The minimum absolute atomic E-state index is 0.0711. The van der Waals surface area contributed by atoms with E-state index in [2.05, 4.69) is 35.6 Å². The number of nitrogens with one attached hydrogen (secondary N) is 1. The van der Waals surface area contributed by atoms with Crippen molar-refractivity contribution in [2.45, 2.75) is 26.2 Å². The molecule has 0 bridgehead atoms. The van der Waals surface area contributed by atoms with E-state index < -0.39 is 0 Å². The van der Waals surface area contributed by atoms with E-state index in [0.29, 0.717) is 24.9 Å². The zero-order valence-corrected chi connectivity index (χ0v) is 19.8. The Morgan fingerprint density at radius 1 is 0.600 bits per heavy atom. The van der Waals surface area contributed by atoms with Crippen molar-refractivity contribution in [3.05, 3.63) is 125 Å². The Balaban J connectivity index is 1.28. The average Bonchev–Trinajstić information content (AvgIpc) is 2.86. The molecule has 0 atom stereocenters. The summed E-state index contributed by atoms with van der Waals surface area (Å²) in [6, 6.07) is 34.2. The molecule has 0 heterocycles. The van der Waals surface area contributed by atoms with Gasteiger partial charge in [-0.2, -0.15) is 0 Å². The van der Waals surface area contributed by atoms with Gasteiger partial charge in [-0.25, -0.2) is 0 Å². The number of Topliss-reactive ketones (excluding diaryl/α,β-unsaturated/α-hetero) is 1. The number of ketones is 1. The number of rotatable bonds is 7. The van der Waals surface area contributed by atoms with Crippen molar-refractivity contribution in [1.82, 2.24) is 0 Å². The molecule has 0 aliphatic rings. The molecule has 172 valence electrons. The Hall–Kier alpha value is -4.24. The molecule has 0 unspecified atom stereocenters. The van der Waals surface area contributed by atoms with Crippen LogP contribution in [-0.2, 0) is 28.9 Å². The summed E-state index contributed by atoms with van der Waals surface area (Å²) in [5.74, 6) is 0.0851. The first-order valence-corrected chi connectivity index (χ1v) is 11.9. The lowest BCUT2D eigenvalue weighted by atomic mass is 9.96. The van der Waals surface area contributed by atoms with Crippen LogP contribution in [0.15, 0.2) is 103 Å². The van der Waals surface area contributed by atoms with Gasteiger partial charge in [-0.15, -0.1) is 0 Å². The van der Waals surface area contributed by atoms with Crippen molar-refractivity contribution < 1.29 is 9.59 Å². The second-order valence-electron chi connectivity index (χ2n) is 9.03. The molecular formula is C32H27NO2. The number of aryl methyl sites for hydroxylation is 1. The van der Waals surface area contributed by atoms with Crippen molar-refractivity contribution in [2.75, 3.05) is 5.32 Å². The standard InChI is InChI=1S/C32H27NO2/c1-22-16-17-28(33-32(35)21-26-13-7-11-24-9-3-5-15-31(24)26)18-27(22)20-29(34)19-25-12-6-10-23-8-2-4-14-30(23)25/h2-18H,19-21H2,1H3,(H,33,35). The first kappa shape index (κ1) is 22.5. The Labute approximate surface area is 205 Å². The number of hydrogen-bond donors (Lipinski definition) is 1. The predicted molar refractivity (Wildman–Crippen MR) is 144 cm³/mol. The molecule has 1 N–H and O–H groups in total. The number of hydrogen-bond acceptors (Lipinski definition) is 2. The van der Waals surface area contributed by atoms with Gasteiger partial charge >= 0.3 is 0 Å². The molecule has 3 heteroatoms. The van der Waals surface area contributed by atoms with Gasteiger partial charge in [-0.05, 0) is 62.9 Å². The fourth-order valence-corrected chi connectivity index (χ4v) is 4.70. The second kappa shape index (κ2) is 9.94. The van der Waals surface area contributed by atoms with Gasteiger partial charge in [0.15, 0.2) is 0 Å². The van der Waals surface area contributed by atoms with Crippen LogP contribution in [0.4, 0.5) is 5.69 Å². The third kappa shape index (κ3) is 5.15. The lowest BCUT2D eigenvalue weighted by molar-refractivity contribution is -0.118. The number of amides is 1. The Bertz CT molecular complexity index is 1540. The Morgan fingerprint density at radius 3 is 1.80 bits per heavy atom. The van der Waals surface area contributed by atoms with Crippen molar-refractivity contribution in [3.8, 4) is 0 Å². The summed E-state index contributed by atoms with van der Waals surface area (Å²) in [6.45, 7) is 2.00. The number of carbonyl (C=O) groups is 2. The molecule has 5 rings (SSSR count). The average molecular weight is 458 g/mol. The van der Waals surface area contributed by atoms with Crippen LogP contribution in [0.2, 0.25) is 0 Å². The van der Waals surface area contributed by atoms with E-state index in [1.54, 1.807) is 0 Å². The Morgan fingerprint density at radius 2 is 1.14 bits per heavy atom. The minimum atomic E-state index is -0.0711. The number of anilines is 1. The highest BCUT2D eigenvalue weighted by Gasteiger charge is 2.12. The van der Waals surface area contributed by atoms with Gasteiger partial charge in [-0.1, -0.05) is 91.0 Å². The second-order valence-corrected chi connectivity index (χ2v) is 9.03. The fourth-order valence-electron chi connectivity index (χ4n) is 4.70. The van der Waals surface area contributed by atoms with Gasteiger partial charge in [0.2, 0.25) is 5.91 Å². The number of carbonyl (C=O) groups excluding carboxylic acids is 2. The van der Waals surface area contributed by atoms with Gasteiger partial charge < -0.3 is 5.32 Å². The van der Waals surface area contributed by atoms with Crippen molar-refractivity contribution >= 4 is 38.9 Å². The van der Waals surface area contributed by atoms with Crippen LogP contribution >= 0.6 is 0 Å². The summed E-state index contributed by atoms with van der Waals surface area (Å²) in [5, 5.41) is 7.50. The molecule has 0 saturated carbocycles. The van der Waals surface area contributed by atoms with E-state index in [4.69, 9.17) is 0 Å². The highest BCUT2D eigenvalue weighted by molar-refractivity contribution is 5.96. The number of fused-ring (bicyclic) bond motifs is 2. The highest BCUT2D eigenvalue weighted by atomic mass is 16.1. The van der Waals surface area contributed by atoms with Crippen LogP contribution in [-0.4, -0.2) is 11.7 Å². The van der Waals surface area contributed by atoms with E-state index >= 15 is 0 Å². The maximum absolute atomic E-state index is 13.0. The van der Waals surface area contributed by atoms with Crippen LogP contribution < -0.4 is 5.32 Å². The summed E-state index contributed by atoms with van der Waals surface area (Å²) >= 11 is 0. The zero-order valence-electron chi connectivity index (χ0n) is 19.8. The van der Waals surface area contributed by atoms with Crippen LogP contribution in [0.1, 0.15) is 22.3 Å². The predicted octanol–water partition coefficient (Wildman–Crippen LogP) is 6.84. The summed E-state index contributed by atoms with van der Waals surface area (Å²) in [7, 11) is 0. The van der Waals surface area contributed by atoms with Gasteiger partial charge in [0.05, 0.1) is 6.42 Å². The van der Waals surface area contributed by atoms with Gasteiger partial charge in [0.1, 0.15) is 5.78 Å². The lowest BCUT2D eigenvalue weighted by Gasteiger charge is -2.12. The Kier molecular flexibility index (Phi) is 6.40. The molecule has 0 spiro atoms. The van der Waals surface area contributed by atoms with Crippen molar-refractivity contribution in [2.24, 2.45) is 0 Å². The third-order valence-corrected chi connectivity index (χ3v) is 6.52. The molecule has 35 heavy (non-hydrogen) atoms. The summed E-state index contributed by atoms with van der Waals surface area (Å²) < 4.78 is 0. The van der Waals surface area contributed by atoms with Crippen LogP contribution in [0.3, 0.4) is 0 Å². The SMILES string of the molecule is Cc1ccc(NC(=O)Cc2cccc3ccccc23)cc1CC(=O)Cc1cccc2ccccc12. The largest absolute Gasteiger partial charge is 0.326 e. The molecule has 0 fully saturated rings. The molecule has 1 amide bonds. The van der Waals surface area contributed by atoms with E-state index in [9.17, 15) is 9.59 Å². The van der Waals surface area contributed by atoms with Gasteiger partial charge in [0.25, 0.3) is 0 Å². The van der Waals surface area contributed by atoms with E-state index in [1.165, 1.54) is 0 Å². The topological polar surface area (TPSA) is 46.2 Å². The van der Waals surface area contributed by atoms with E-state index in [0.717, 1.165) is 43.8 Å². The van der Waals surface area contributed by atoms with E-state index in [1.807, 2.05) is 79.7 Å². The molecule has 5 aromatic carbocycles. The summed E-state index contributed by atoms with van der Waals surface area (Å²) in [4.78, 5) is 25.8. The minimum Gasteiger partial charge on any atom is -0.326 e. The quantitative estimate of drug-likeness (QED) is 0.291. The normalized spacial score (nSPS) is 11.0. The maximum Gasteiger partial charge on any atom is 0.228 e. The van der Waals surface area contributed by atoms with Gasteiger partial charge in [0, 0.05) is 18.5 Å². The molecule has 3 nitrogen and oxygen atoms in total. The molecule has 0 saturated heterocycles. The zero-order chi connectivity index (χ0) is 24.2. The van der Waals surface area contributed by atoms with Crippen LogP contribution in [0, 0.1) is 6.92 Å². The monoisotopic (exact) mass is 457 g/mol. The highest BCUT2D eigenvalue weighted by Crippen LogP contribution is 2.22. The summed E-state index contributed by atoms with van der Waals surface area (Å²) in [6.07, 6.45) is 1.02. The molecule has 0 radical (unpaired) electrons. The molecule has 0 aromatic heterocycles. The van der Waals surface area contributed by atoms with Gasteiger partial charge in [-0.3, -0.25) is 9.59 Å². The third-order valence-electron chi connectivity index (χ3n) is 6.52. The maximum atomic E-state index is 13.0. The van der Waals surface area contributed by atoms with Crippen molar-refractivity contribution in [1.29, 1.82) is 0 Å². The van der Waals surface area contributed by atoms with Crippen molar-refractivity contribution in [3.63, 3.8) is 0 Å². The smallest absolute Gasteiger partial charge is 0.228 e. The van der Waals surface area contributed by atoms with Crippen LogP contribution in [0.25, 0.3) is 21.5 Å². The first-order valence-electron chi connectivity index (χ1n) is 11.9. The molecular weight excluding hydrogens is 430 g/mol. The molecule has 5 aromatic rings. The van der Waals surface area contributed by atoms with Crippen LogP contribution in [0.5, 0.6) is 0 Å². The molecule has 0 aliphatic heterocycles. The van der Waals surface area contributed by atoms with E-state index in [-0.39, 0.29) is 11.7 Å². The fraction of sp³-hybridized carbons (Fsp3) is 0.125. The first-order chi connectivity index (χ1) is 17.1. The lowest BCUT2D eigenvalue weighted by Crippen LogP contribution is -2.15.